The Morgan fingerprint density at radius 1 is 1.00 bits per heavy atom. The van der Waals surface area contributed by atoms with Crippen molar-refractivity contribution in [1.82, 2.24) is 5.32 Å². The summed E-state index contributed by atoms with van der Waals surface area (Å²) in [5, 5.41) is 3.38. The third-order valence-corrected chi connectivity index (χ3v) is 8.13. The van der Waals surface area contributed by atoms with Gasteiger partial charge in [-0.1, -0.05) is 60.7 Å². The summed E-state index contributed by atoms with van der Waals surface area (Å²) in [6.07, 6.45) is 0.481. The Labute approximate surface area is 156 Å². The summed E-state index contributed by atoms with van der Waals surface area (Å²) < 4.78 is 6.15. The lowest BCUT2D eigenvalue weighted by Crippen LogP contribution is -2.33. The zero-order chi connectivity index (χ0) is 17.1. The second kappa shape index (κ2) is 7.44. The lowest BCUT2D eigenvalue weighted by molar-refractivity contribution is -0.149. The SMILES string of the molecule is O=C(OC(c1ccccc1)c1ccccc1)[C@@H]1CC2(CN1)SCCS2. The largest absolute Gasteiger partial charge is 0.451 e. The minimum atomic E-state index is -0.364. The molecule has 0 unspecified atom stereocenters. The van der Waals surface area contributed by atoms with Gasteiger partial charge in [-0.3, -0.25) is 4.79 Å². The van der Waals surface area contributed by atoms with Crippen LogP contribution in [0.5, 0.6) is 0 Å². The minimum absolute atomic E-state index is 0.150. The number of hydrogen-bond donors (Lipinski definition) is 1. The van der Waals surface area contributed by atoms with Crippen molar-refractivity contribution in [3.63, 3.8) is 0 Å². The number of hydrogen-bond acceptors (Lipinski definition) is 5. The molecule has 2 fully saturated rings. The molecule has 2 aliphatic heterocycles. The van der Waals surface area contributed by atoms with E-state index in [0.717, 1.165) is 24.1 Å². The number of carbonyl (C=O) groups is 1. The van der Waals surface area contributed by atoms with E-state index in [9.17, 15) is 4.79 Å². The Kier molecular flexibility index (Phi) is 5.06. The van der Waals surface area contributed by atoms with Crippen LogP contribution in [0.1, 0.15) is 23.7 Å². The number of nitrogens with one attached hydrogen (secondary N) is 1. The van der Waals surface area contributed by atoms with Gasteiger partial charge in [0.05, 0.1) is 4.08 Å². The summed E-state index contributed by atoms with van der Waals surface area (Å²) in [7, 11) is 0. The van der Waals surface area contributed by atoms with Gasteiger partial charge in [-0.25, -0.2) is 0 Å². The molecule has 1 atom stereocenters. The highest BCUT2D eigenvalue weighted by molar-refractivity contribution is 8.21. The molecule has 0 radical (unpaired) electrons. The average Bonchev–Trinajstić information content (AvgIpc) is 3.31. The fourth-order valence-corrected chi connectivity index (χ4v) is 6.58. The van der Waals surface area contributed by atoms with Crippen molar-refractivity contribution in [1.29, 1.82) is 0 Å². The van der Waals surface area contributed by atoms with Gasteiger partial charge in [0.1, 0.15) is 6.04 Å². The molecule has 4 rings (SSSR count). The average molecular weight is 372 g/mol. The van der Waals surface area contributed by atoms with Gasteiger partial charge in [0, 0.05) is 18.1 Å². The van der Waals surface area contributed by atoms with Gasteiger partial charge in [-0.15, -0.1) is 23.5 Å². The van der Waals surface area contributed by atoms with Crippen molar-refractivity contribution >= 4 is 29.5 Å². The summed E-state index contributed by atoms with van der Waals surface area (Å²) in [4.78, 5) is 12.8. The first-order valence-corrected chi connectivity index (χ1v) is 10.5. The van der Waals surface area contributed by atoms with Crippen LogP contribution in [0.25, 0.3) is 0 Å². The van der Waals surface area contributed by atoms with E-state index in [2.05, 4.69) is 5.32 Å². The Balaban J connectivity index is 1.52. The third-order valence-electron chi connectivity index (χ3n) is 4.67. The van der Waals surface area contributed by atoms with Crippen LogP contribution in [0.2, 0.25) is 0 Å². The van der Waals surface area contributed by atoms with Gasteiger partial charge in [0.15, 0.2) is 6.10 Å². The molecule has 2 aromatic carbocycles. The van der Waals surface area contributed by atoms with Crippen LogP contribution in [-0.2, 0) is 9.53 Å². The number of carbonyl (C=O) groups excluding carboxylic acids is 1. The van der Waals surface area contributed by atoms with Crippen molar-refractivity contribution in [3.8, 4) is 0 Å². The lowest BCUT2D eigenvalue weighted by atomic mass is 10.0. The molecule has 0 bridgehead atoms. The summed E-state index contributed by atoms with van der Waals surface area (Å²) in [6, 6.07) is 19.7. The maximum absolute atomic E-state index is 12.8. The topological polar surface area (TPSA) is 38.3 Å². The number of rotatable bonds is 4. The number of esters is 1. The predicted octanol–water partition coefficient (Wildman–Crippen LogP) is 3.86. The van der Waals surface area contributed by atoms with Crippen LogP contribution in [0.15, 0.2) is 60.7 Å². The van der Waals surface area contributed by atoms with Gasteiger partial charge < -0.3 is 10.1 Å². The molecule has 3 nitrogen and oxygen atoms in total. The van der Waals surface area contributed by atoms with Crippen LogP contribution >= 0.6 is 23.5 Å². The van der Waals surface area contributed by atoms with Crippen LogP contribution in [0.3, 0.4) is 0 Å². The molecule has 2 saturated heterocycles. The molecule has 5 heteroatoms. The van der Waals surface area contributed by atoms with Crippen molar-refractivity contribution in [2.45, 2.75) is 22.6 Å². The van der Waals surface area contributed by atoms with Crippen molar-refractivity contribution < 1.29 is 9.53 Å². The van der Waals surface area contributed by atoms with Gasteiger partial charge in [0.2, 0.25) is 0 Å². The molecule has 25 heavy (non-hydrogen) atoms. The molecule has 2 aliphatic rings. The second-order valence-corrected chi connectivity index (χ2v) is 9.60. The molecule has 1 N–H and O–H groups in total. The highest BCUT2D eigenvalue weighted by Crippen LogP contribution is 2.49. The highest BCUT2D eigenvalue weighted by Gasteiger charge is 2.46. The van der Waals surface area contributed by atoms with Crippen molar-refractivity contribution in [3.05, 3.63) is 71.8 Å². The van der Waals surface area contributed by atoms with Crippen molar-refractivity contribution in [2.24, 2.45) is 0 Å². The van der Waals surface area contributed by atoms with Crippen LogP contribution in [-0.4, -0.2) is 34.1 Å². The standard InChI is InChI=1S/C20H21NO2S2/c22-19(17-13-20(14-21-17)24-11-12-25-20)23-18(15-7-3-1-4-8-15)16-9-5-2-6-10-16/h1-10,17-18,21H,11-14H2/t17-/m0/s1. The summed E-state index contributed by atoms with van der Waals surface area (Å²) >= 11 is 3.96. The molecule has 2 aromatic rings. The quantitative estimate of drug-likeness (QED) is 0.826. The van der Waals surface area contributed by atoms with E-state index in [1.165, 1.54) is 11.5 Å². The molecule has 1 spiro atoms. The second-order valence-electron chi connectivity index (χ2n) is 6.38. The van der Waals surface area contributed by atoms with E-state index in [1.807, 2.05) is 84.2 Å². The summed E-state index contributed by atoms with van der Waals surface area (Å²) in [5.74, 6) is 2.19. The predicted molar refractivity (Wildman–Crippen MR) is 105 cm³/mol. The van der Waals surface area contributed by atoms with E-state index in [4.69, 9.17) is 4.74 Å². The number of ether oxygens (including phenoxy) is 1. The Bertz CT molecular complexity index is 677. The van der Waals surface area contributed by atoms with Crippen LogP contribution in [0.4, 0.5) is 0 Å². The summed E-state index contributed by atoms with van der Waals surface area (Å²) in [5.41, 5.74) is 2.00. The van der Waals surface area contributed by atoms with Gasteiger partial charge in [0.25, 0.3) is 0 Å². The fourth-order valence-electron chi connectivity index (χ4n) is 3.40. The van der Waals surface area contributed by atoms with Crippen molar-refractivity contribution in [2.75, 3.05) is 18.1 Å². The molecule has 0 amide bonds. The molecular formula is C20H21NO2S2. The van der Waals surface area contributed by atoms with Crippen LogP contribution < -0.4 is 5.32 Å². The first-order valence-electron chi connectivity index (χ1n) is 8.57. The third kappa shape index (κ3) is 3.73. The molecule has 0 aliphatic carbocycles. The summed E-state index contributed by atoms with van der Waals surface area (Å²) in [6.45, 7) is 0.878. The maximum atomic E-state index is 12.8. The molecule has 2 heterocycles. The number of benzene rings is 2. The zero-order valence-electron chi connectivity index (χ0n) is 13.9. The first kappa shape index (κ1) is 17.0. The van der Waals surface area contributed by atoms with E-state index in [0.29, 0.717) is 0 Å². The van der Waals surface area contributed by atoms with Gasteiger partial charge >= 0.3 is 5.97 Å². The Hall–Kier alpha value is -1.43. The maximum Gasteiger partial charge on any atom is 0.324 e. The van der Waals surface area contributed by atoms with E-state index >= 15 is 0 Å². The minimum Gasteiger partial charge on any atom is -0.451 e. The molecule has 0 aromatic heterocycles. The van der Waals surface area contributed by atoms with E-state index < -0.39 is 0 Å². The molecule has 130 valence electrons. The Morgan fingerprint density at radius 3 is 2.12 bits per heavy atom. The smallest absolute Gasteiger partial charge is 0.324 e. The van der Waals surface area contributed by atoms with Crippen LogP contribution in [0, 0.1) is 0 Å². The Morgan fingerprint density at radius 2 is 1.56 bits per heavy atom. The first-order chi connectivity index (χ1) is 12.3. The van der Waals surface area contributed by atoms with E-state index in [1.54, 1.807) is 0 Å². The monoisotopic (exact) mass is 371 g/mol. The molecular weight excluding hydrogens is 350 g/mol. The number of thioether (sulfide) groups is 2. The van der Waals surface area contributed by atoms with Gasteiger partial charge in [-0.2, -0.15) is 0 Å². The highest BCUT2D eigenvalue weighted by atomic mass is 32.2. The van der Waals surface area contributed by atoms with Gasteiger partial charge in [-0.05, 0) is 17.5 Å². The fraction of sp³-hybridized carbons (Fsp3) is 0.350. The molecule has 0 saturated carbocycles. The van der Waals surface area contributed by atoms with E-state index in [-0.39, 0.29) is 22.2 Å². The zero-order valence-corrected chi connectivity index (χ0v) is 15.5. The normalized spacial score (nSPS) is 21.7. The lowest BCUT2D eigenvalue weighted by Gasteiger charge is -2.22.